The van der Waals surface area contributed by atoms with Gasteiger partial charge < -0.3 is 15.0 Å². The summed E-state index contributed by atoms with van der Waals surface area (Å²) in [7, 11) is 0. The van der Waals surface area contributed by atoms with Gasteiger partial charge in [0.1, 0.15) is 11.1 Å². The summed E-state index contributed by atoms with van der Waals surface area (Å²) >= 11 is 0. The van der Waals surface area contributed by atoms with E-state index in [9.17, 15) is 4.79 Å². The third-order valence-corrected chi connectivity index (χ3v) is 10.9. The number of carbonyl (C=O) groups excluding carboxylic acids is 1. The molecule has 0 aliphatic carbocycles. The van der Waals surface area contributed by atoms with Crippen LogP contribution in [0.2, 0.25) is 0 Å². The van der Waals surface area contributed by atoms with Crippen LogP contribution in [0.4, 0.5) is 11.4 Å². The highest BCUT2D eigenvalue weighted by atomic mass is 16.5. The summed E-state index contributed by atoms with van der Waals surface area (Å²) in [6.07, 6.45) is 6.74. The summed E-state index contributed by atoms with van der Waals surface area (Å²) in [6.45, 7) is 25.8. The van der Waals surface area contributed by atoms with E-state index >= 15 is 0 Å². The number of benzene rings is 2. The predicted molar refractivity (Wildman–Crippen MR) is 216 cm³/mol. The lowest BCUT2D eigenvalue weighted by Gasteiger charge is -2.31. The maximum Gasteiger partial charge on any atom is 0.261 e. The number of fused-ring (bicyclic) bond motifs is 1. The van der Waals surface area contributed by atoms with Crippen LogP contribution >= 0.6 is 0 Å². The number of H-pyrrole nitrogens is 1. The zero-order valence-electron chi connectivity index (χ0n) is 33.7. The molecule has 2 atom stereocenters. The highest BCUT2D eigenvalue weighted by Crippen LogP contribution is 2.39. The van der Waals surface area contributed by atoms with E-state index in [-0.39, 0.29) is 22.7 Å². The van der Waals surface area contributed by atoms with Gasteiger partial charge in [-0.15, -0.1) is 5.10 Å². The molecule has 0 saturated carbocycles. The maximum absolute atomic E-state index is 13.9. The Morgan fingerprint density at radius 1 is 1.06 bits per heavy atom. The minimum atomic E-state index is -0.610. The molecule has 0 fully saturated rings. The topological polar surface area (TPSA) is 124 Å². The van der Waals surface area contributed by atoms with Gasteiger partial charge in [-0.1, -0.05) is 93.4 Å². The quantitative estimate of drug-likeness (QED) is 0.0888. The van der Waals surface area contributed by atoms with E-state index in [1.807, 2.05) is 31.2 Å². The Kier molecular flexibility index (Phi) is 14.3. The standard InChI is InChI=1S/C43H62N8O2/c1-11-15-16-17-19-37(53-36-25-20-32(42(7,8)12-2)28-35(36)43(9,10)13-3)41(52)45-29-30(5)39-47-40-38(31(6)48-51(40)49-39)46-33-21-23-34(24-22-33)50(14-4)27-18-26-44/h20-25,28,30,37,48H,6,11-19,27,29H2,1-5,7-10H3,(H,45,52). The molecule has 0 aliphatic rings. The van der Waals surface area contributed by atoms with E-state index in [2.05, 4.69) is 102 Å². The van der Waals surface area contributed by atoms with E-state index < -0.39 is 6.10 Å². The molecule has 4 aromatic rings. The monoisotopic (exact) mass is 722 g/mol. The Morgan fingerprint density at radius 2 is 1.77 bits per heavy atom. The molecule has 4 rings (SSSR count). The van der Waals surface area contributed by atoms with Crippen LogP contribution < -0.4 is 25.7 Å². The van der Waals surface area contributed by atoms with Crippen molar-refractivity contribution in [1.29, 1.82) is 5.26 Å². The van der Waals surface area contributed by atoms with Crippen LogP contribution in [0.3, 0.4) is 0 Å². The highest BCUT2D eigenvalue weighted by Gasteiger charge is 2.29. The summed E-state index contributed by atoms with van der Waals surface area (Å²) in [5.74, 6) is 1.11. The van der Waals surface area contributed by atoms with Gasteiger partial charge in [0.15, 0.2) is 11.9 Å². The number of hydrogen-bond acceptors (Lipinski definition) is 7. The van der Waals surface area contributed by atoms with Crippen molar-refractivity contribution in [1.82, 2.24) is 25.1 Å². The predicted octanol–water partition coefficient (Wildman–Crippen LogP) is 8.17. The lowest BCUT2D eigenvalue weighted by molar-refractivity contribution is -0.128. The van der Waals surface area contributed by atoms with Crippen LogP contribution in [0.25, 0.3) is 12.2 Å². The first-order valence-corrected chi connectivity index (χ1v) is 19.6. The molecule has 286 valence electrons. The molecule has 0 bridgehead atoms. The van der Waals surface area contributed by atoms with Crippen molar-refractivity contribution >= 4 is 29.5 Å². The van der Waals surface area contributed by atoms with Crippen molar-refractivity contribution in [3.05, 3.63) is 70.1 Å². The van der Waals surface area contributed by atoms with Gasteiger partial charge in [-0.05, 0) is 79.3 Å². The average Bonchev–Trinajstić information content (AvgIpc) is 3.69. The largest absolute Gasteiger partial charge is 0.480 e. The highest BCUT2D eigenvalue weighted by molar-refractivity contribution is 5.81. The third-order valence-electron chi connectivity index (χ3n) is 10.9. The summed E-state index contributed by atoms with van der Waals surface area (Å²) in [5, 5.41) is 21.2. The number of carbonyl (C=O) groups is 1. The molecule has 1 amide bonds. The lowest BCUT2D eigenvalue weighted by atomic mass is 9.76. The fourth-order valence-electron chi connectivity index (χ4n) is 6.31. The average molecular weight is 723 g/mol. The normalized spacial score (nSPS) is 13.5. The van der Waals surface area contributed by atoms with Crippen molar-refractivity contribution < 1.29 is 9.53 Å². The van der Waals surface area contributed by atoms with Crippen molar-refractivity contribution in [2.75, 3.05) is 24.5 Å². The number of ether oxygens (including phenoxy) is 1. The number of nitrogens with one attached hydrogen (secondary N) is 2. The zero-order chi connectivity index (χ0) is 38.8. The molecule has 0 spiro atoms. The second kappa shape index (κ2) is 18.4. The number of amides is 1. The fraction of sp³-hybridized carbons (Fsp3) is 0.558. The van der Waals surface area contributed by atoms with Gasteiger partial charge in [-0.3, -0.25) is 9.89 Å². The first-order chi connectivity index (χ1) is 25.3. The van der Waals surface area contributed by atoms with Crippen molar-refractivity contribution in [2.45, 2.75) is 137 Å². The van der Waals surface area contributed by atoms with Gasteiger partial charge >= 0.3 is 0 Å². The van der Waals surface area contributed by atoms with E-state index in [0.29, 0.717) is 48.1 Å². The molecule has 0 saturated heterocycles. The van der Waals surface area contributed by atoms with Crippen LogP contribution in [-0.2, 0) is 15.6 Å². The molecular formula is C43H62N8O2. The number of aromatic amines is 1. The first-order valence-electron chi connectivity index (χ1n) is 19.6. The minimum absolute atomic E-state index is 0.0444. The van der Waals surface area contributed by atoms with Crippen LogP contribution in [-0.4, -0.2) is 51.5 Å². The second-order valence-electron chi connectivity index (χ2n) is 15.5. The molecular weight excluding hydrogens is 661 g/mol. The number of nitrogens with zero attached hydrogens (tertiary/aromatic N) is 6. The number of aromatic nitrogens is 4. The van der Waals surface area contributed by atoms with Crippen LogP contribution in [0.15, 0.2) is 47.5 Å². The smallest absolute Gasteiger partial charge is 0.261 e. The molecule has 2 heterocycles. The van der Waals surface area contributed by atoms with Crippen molar-refractivity contribution in [3.63, 3.8) is 0 Å². The number of hydrogen-bond donors (Lipinski definition) is 2. The van der Waals surface area contributed by atoms with Crippen LogP contribution in [0.1, 0.15) is 137 Å². The Labute approximate surface area is 316 Å². The first kappa shape index (κ1) is 41.1. The summed E-state index contributed by atoms with van der Waals surface area (Å²) in [4.78, 5) is 25.7. The van der Waals surface area contributed by atoms with Crippen molar-refractivity contribution in [2.24, 2.45) is 4.99 Å². The van der Waals surface area contributed by atoms with Gasteiger partial charge in [0.25, 0.3) is 5.91 Å². The molecule has 0 aliphatic heterocycles. The van der Waals surface area contributed by atoms with Gasteiger partial charge in [-0.25, -0.2) is 9.98 Å². The summed E-state index contributed by atoms with van der Waals surface area (Å²) in [5.41, 5.74) is 4.76. The molecule has 2 unspecified atom stereocenters. The number of anilines is 1. The second-order valence-corrected chi connectivity index (χ2v) is 15.5. The molecule has 0 radical (unpaired) electrons. The van der Waals surface area contributed by atoms with Crippen LogP contribution in [0.5, 0.6) is 5.75 Å². The number of rotatable bonds is 20. The van der Waals surface area contributed by atoms with E-state index in [1.54, 1.807) is 4.63 Å². The van der Waals surface area contributed by atoms with Gasteiger partial charge in [0.05, 0.1) is 23.5 Å². The van der Waals surface area contributed by atoms with E-state index in [1.165, 1.54) is 5.56 Å². The molecule has 2 N–H and O–H groups in total. The minimum Gasteiger partial charge on any atom is -0.480 e. The summed E-state index contributed by atoms with van der Waals surface area (Å²) in [6, 6.07) is 16.7. The lowest BCUT2D eigenvalue weighted by Crippen LogP contribution is -2.40. The molecule has 2 aromatic carbocycles. The van der Waals surface area contributed by atoms with E-state index in [0.717, 1.165) is 67.8 Å². The Hall–Kier alpha value is -4.65. The van der Waals surface area contributed by atoms with Crippen molar-refractivity contribution in [3.8, 4) is 11.8 Å². The molecule has 10 heteroatoms. The van der Waals surface area contributed by atoms with Gasteiger partial charge in [0.2, 0.25) is 5.65 Å². The number of unbranched alkanes of at least 4 members (excludes halogenated alkanes) is 3. The van der Waals surface area contributed by atoms with Crippen LogP contribution in [0, 0.1) is 11.3 Å². The maximum atomic E-state index is 13.9. The number of nitriles is 1. The Bertz CT molecular complexity index is 1950. The summed E-state index contributed by atoms with van der Waals surface area (Å²) < 4.78 is 8.29. The van der Waals surface area contributed by atoms with Gasteiger partial charge in [-0.2, -0.15) is 9.89 Å². The Morgan fingerprint density at radius 3 is 2.42 bits per heavy atom. The van der Waals surface area contributed by atoms with E-state index in [4.69, 9.17) is 25.1 Å². The fourth-order valence-corrected chi connectivity index (χ4v) is 6.31. The SMILES string of the molecule is C=c1[nH]n2nc(C(C)CNC(=O)C(CCCCCC)Oc3ccc(C(C)(C)CC)cc3C(C)(C)CC)nc2c1=Nc1ccc(N(CC)CCC#N)cc1. The molecule has 10 nitrogen and oxygen atoms in total. The van der Waals surface area contributed by atoms with Gasteiger partial charge in [0, 0.05) is 36.8 Å². The Balaban J connectivity index is 1.53. The molecule has 2 aromatic heterocycles. The third kappa shape index (κ3) is 10.3. The molecule has 53 heavy (non-hydrogen) atoms. The zero-order valence-corrected chi connectivity index (χ0v) is 33.7.